The van der Waals surface area contributed by atoms with Crippen molar-refractivity contribution < 1.29 is 0 Å². The standard InChI is InChI=1S/C7H11NO/c9-8-5-6-1-2-7(6)3-4-7/h6H,1-5H2. The molecule has 0 aliphatic heterocycles. The molecular weight excluding hydrogens is 114 g/mol. The summed E-state index contributed by atoms with van der Waals surface area (Å²) in [7, 11) is 0. The molecule has 2 aliphatic rings. The Labute approximate surface area is 54.6 Å². The normalized spacial score (nSPS) is 35.8. The lowest BCUT2D eigenvalue weighted by atomic mass is 9.70. The zero-order chi connectivity index (χ0) is 6.32. The summed E-state index contributed by atoms with van der Waals surface area (Å²) in [6.07, 6.45) is 5.36. The van der Waals surface area contributed by atoms with Gasteiger partial charge in [0.1, 0.15) is 0 Å². The Kier molecular flexibility index (Phi) is 0.930. The first-order valence-corrected chi connectivity index (χ1v) is 3.66. The Balaban J connectivity index is 1.92. The van der Waals surface area contributed by atoms with Crippen molar-refractivity contribution in [2.45, 2.75) is 25.7 Å². The highest BCUT2D eigenvalue weighted by Crippen LogP contribution is 2.64. The van der Waals surface area contributed by atoms with Gasteiger partial charge in [0.2, 0.25) is 0 Å². The second-order valence-corrected chi connectivity index (χ2v) is 3.41. The maximum absolute atomic E-state index is 9.87. The summed E-state index contributed by atoms with van der Waals surface area (Å²) in [5.74, 6) is 0.676. The highest BCUT2D eigenvalue weighted by Gasteiger charge is 2.55. The van der Waals surface area contributed by atoms with Crippen molar-refractivity contribution in [1.29, 1.82) is 0 Å². The summed E-state index contributed by atoms with van der Waals surface area (Å²) in [5.41, 5.74) is 0.647. The number of hydrogen-bond donors (Lipinski definition) is 0. The molecule has 0 radical (unpaired) electrons. The Morgan fingerprint density at radius 3 is 2.56 bits per heavy atom. The molecule has 2 aliphatic carbocycles. The Morgan fingerprint density at radius 2 is 2.22 bits per heavy atom. The molecule has 0 saturated heterocycles. The van der Waals surface area contributed by atoms with Crippen molar-refractivity contribution in [3.05, 3.63) is 4.91 Å². The molecule has 0 N–H and O–H groups in total. The monoisotopic (exact) mass is 125 g/mol. The maximum Gasteiger partial charge on any atom is 0.0844 e. The fraction of sp³-hybridized carbons (Fsp3) is 1.00. The van der Waals surface area contributed by atoms with Crippen molar-refractivity contribution in [3.63, 3.8) is 0 Å². The van der Waals surface area contributed by atoms with Crippen LogP contribution in [0.2, 0.25) is 0 Å². The van der Waals surface area contributed by atoms with Gasteiger partial charge in [-0.25, -0.2) is 0 Å². The molecule has 0 aromatic heterocycles. The average Bonchev–Trinajstić information content (AvgIpc) is 2.60. The van der Waals surface area contributed by atoms with Gasteiger partial charge >= 0.3 is 0 Å². The van der Waals surface area contributed by atoms with Gasteiger partial charge in [0.25, 0.3) is 0 Å². The zero-order valence-electron chi connectivity index (χ0n) is 5.47. The molecular formula is C7H11NO. The van der Waals surface area contributed by atoms with Crippen LogP contribution in [-0.2, 0) is 0 Å². The molecule has 50 valence electrons. The molecule has 0 bridgehead atoms. The van der Waals surface area contributed by atoms with Crippen molar-refractivity contribution >= 4 is 0 Å². The van der Waals surface area contributed by atoms with Gasteiger partial charge < -0.3 is 0 Å². The number of nitroso groups, excluding NO2 is 1. The van der Waals surface area contributed by atoms with E-state index in [1.54, 1.807) is 0 Å². The zero-order valence-corrected chi connectivity index (χ0v) is 5.47. The third-order valence-corrected chi connectivity index (χ3v) is 3.04. The Bertz CT molecular complexity index is 140. The fourth-order valence-corrected chi connectivity index (χ4v) is 1.95. The molecule has 1 spiro atoms. The van der Waals surface area contributed by atoms with Gasteiger partial charge in [0, 0.05) is 0 Å². The lowest BCUT2D eigenvalue weighted by Crippen LogP contribution is -2.29. The Hall–Kier alpha value is -0.400. The average molecular weight is 125 g/mol. The predicted molar refractivity (Wildman–Crippen MR) is 35.1 cm³/mol. The molecule has 1 atom stereocenters. The van der Waals surface area contributed by atoms with Gasteiger partial charge in [-0.05, 0) is 37.0 Å². The van der Waals surface area contributed by atoms with E-state index in [0.29, 0.717) is 17.9 Å². The van der Waals surface area contributed by atoms with Crippen LogP contribution < -0.4 is 0 Å². The molecule has 9 heavy (non-hydrogen) atoms. The molecule has 1 unspecified atom stereocenters. The van der Waals surface area contributed by atoms with Crippen LogP contribution in [0.1, 0.15) is 25.7 Å². The van der Waals surface area contributed by atoms with E-state index >= 15 is 0 Å². The van der Waals surface area contributed by atoms with Gasteiger partial charge in [-0.3, -0.25) is 0 Å². The van der Waals surface area contributed by atoms with Crippen LogP contribution in [0.4, 0.5) is 0 Å². The van der Waals surface area contributed by atoms with E-state index in [-0.39, 0.29) is 0 Å². The van der Waals surface area contributed by atoms with Crippen LogP contribution in [0.15, 0.2) is 5.18 Å². The van der Waals surface area contributed by atoms with Crippen molar-refractivity contribution in [2.24, 2.45) is 16.5 Å². The SMILES string of the molecule is O=NCC1CCC12CC2. The molecule has 2 heteroatoms. The first-order valence-electron chi connectivity index (χ1n) is 3.66. The molecule has 2 nitrogen and oxygen atoms in total. The quantitative estimate of drug-likeness (QED) is 0.518. The molecule has 0 aromatic rings. The minimum absolute atomic E-state index is 0.583. The maximum atomic E-state index is 9.87. The van der Waals surface area contributed by atoms with Crippen molar-refractivity contribution in [3.8, 4) is 0 Å². The van der Waals surface area contributed by atoms with Gasteiger partial charge in [0.05, 0.1) is 6.54 Å². The van der Waals surface area contributed by atoms with Gasteiger partial charge in [-0.15, -0.1) is 0 Å². The van der Waals surface area contributed by atoms with Gasteiger partial charge in [0.15, 0.2) is 0 Å². The van der Waals surface area contributed by atoms with Crippen LogP contribution >= 0.6 is 0 Å². The molecule has 0 amide bonds. The van der Waals surface area contributed by atoms with Crippen LogP contribution in [0.25, 0.3) is 0 Å². The molecule has 2 saturated carbocycles. The summed E-state index contributed by atoms with van der Waals surface area (Å²) in [6.45, 7) is 0.583. The lowest BCUT2D eigenvalue weighted by molar-refractivity contribution is 0.157. The van der Waals surface area contributed by atoms with Crippen LogP contribution in [0.5, 0.6) is 0 Å². The van der Waals surface area contributed by atoms with Crippen LogP contribution in [-0.4, -0.2) is 6.54 Å². The van der Waals surface area contributed by atoms with Crippen LogP contribution in [0.3, 0.4) is 0 Å². The second-order valence-electron chi connectivity index (χ2n) is 3.41. The highest BCUT2D eigenvalue weighted by molar-refractivity contribution is 5.05. The Morgan fingerprint density at radius 1 is 1.44 bits per heavy atom. The van der Waals surface area contributed by atoms with E-state index in [1.807, 2.05) is 0 Å². The van der Waals surface area contributed by atoms with E-state index in [1.165, 1.54) is 25.7 Å². The summed E-state index contributed by atoms with van der Waals surface area (Å²) in [4.78, 5) is 9.87. The van der Waals surface area contributed by atoms with Gasteiger partial charge in [-0.2, -0.15) is 4.91 Å². The van der Waals surface area contributed by atoms with Crippen LogP contribution in [0, 0.1) is 16.2 Å². The predicted octanol–water partition coefficient (Wildman–Crippen LogP) is 1.94. The fourth-order valence-electron chi connectivity index (χ4n) is 1.95. The smallest absolute Gasteiger partial charge is 0.0844 e. The third kappa shape index (κ3) is 0.620. The first-order chi connectivity index (χ1) is 4.37. The minimum atomic E-state index is 0.583. The summed E-state index contributed by atoms with van der Waals surface area (Å²) in [5, 5.41) is 2.94. The topological polar surface area (TPSA) is 29.4 Å². The first kappa shape index (κ1) is 5.39. The van der Waals surface area contributed by atoms with Gasteiger partial charge in [-0.1, -0.05) is 5.18 Å². The van der Waals surface area contributed by atoms with Crippen molar-refractivity contribution in [2.75, 3.05) is 6.54 Å². The van der Waals surface area contributed by atoms with E-state index in [2.05, 4.69) is 5.18 Å². The largest absolute Gasteiger partial charge is 0.151 e. The molecule has 2 rings (SSSR count). The van der Waals surface area contributed by atoms with E-state index in [9.17, 15) is 4.91 Å². The number of nitrogens with zero attached hydrogens (tertiary/aromatic N) is 1. The van der Waals surface area contributed by atoms with E-state index in [0.717, 1.165) is 0 Å². The third-order valence-electron chi connectivity index (χ3n) is 3.04. The summed E-state index contributed by atoms with van der Waals surface area (Å²) < 4.78 is 0. The minimum Gasteiger partial charge on any atom is -0.151 e. The van der Waals surface area contributed by atoms with Crippen molar-refractivity contribution in [1.82, 2.24) is 0 Å². The van der Waals surface area contributed by atoms with E-state index < -0.39 is 0 Å². The highest BCUT2D eigenvalue weighted by atomic mass is 16.3. The lowest BCUT2D eigenvalue weighted by Gasteiger charge is -2.35. The number of hydrogen-bond acceptors (Lipinski definition) is 2. The second kappa shape index (κ2) is 1.55. The molecule has 2 fully saturated rings. The summed E-state index contributed by atoms with van der Waals surface area (Å²) >= 11 is 0. The van der Waals surface area contributed by atoms with E-state index in [4.69, 9.17) is 0 Å². The molecule has 0 heterocycles. The molecule has 0 aromatic carbocycles. The number of rotatable bonds is 2. The summed E-state index contributed by atoms with van der Waals surface area (Å²) in [6, 6.07) is 0.